The van der Waals surface area contributed by atoms with E-state index in [0.717, 1.165) is 36.2 Å². The third-order valence-electron chi connectivity index (χ3n) is 6.04. The van der Waals surface area contributed by atoms with Crippen LogP contribution < -0.4 is 4.74 Å². The van der Waals surface area contributed by atoms with Crippen LogP contribution in [0, 0.1) is 0 Å². The number of aromatic nitrogens is 4. The number of hydrogen-bond donors (Lipinski definition) is 2. The fourth-order valence-corrected chi connectivity index (χ4v) is 4.44. The van der Waals surface area contributed by atoms with E-state index in [-0.39, 0.29) is 11.4 Å². The molecule has 0 atom stereocenters. The van der Waals surface area contributed by atoms with Gasteiger partial charge in [0, 0.05) is 24.7 Å². The highest BCUT2D eigenvalue weighted by Crippen LogP contribution is 2.30. The molecule has 0 aliphatic carbocycles. The average molecular weight is 485 g/mol. The van der Waals surface area contributed by atoms with E-state index in [1.165, 1.54) is 0 Å². The average Bonchev–Trinajstić information content (AvgIpc) is 3.42. The zero-order valence-electron chi connectivity index (χ0n) is 19.6. The third kappa shape index (κ3) is 4.26. The number of benzene rings is 2. The van der Waals surface area contributed by atoms with Crippen molar-refractivity contribution in [1.82, 2.24) is 18.9 Å². The van der Waals surface area contributed by atoms with Gasteiger partial charge >= 0.3 is 12.1 Å². The molecule has 0 unspecified atom stereocenters. The number of carboxylic acid groups (broad SMARTS) is 2. The summed E-state index contributed by atoms with van der Waals surface area (Å²) in [4.78, 5) is 32.8. The molecular formula is C27H24N4O5. The summed E-state index contributed by atoms with van der Waals surface area (Å²) in [6.07, 6.45) is 2.96. The highest BCUT2D eigenvalue weighted by molar-refractivity contribution is 5.94. The van der Waals surface area contributed by atoms with Crippen molar-refractivity contribution in [3.05, 3.63) is 83.9 Å². The predicted octanol–water partition coefficient (Wildman–Crippen LogP) is 5.50. The van der Waals surface area contributed by atoms with Gasteiger partial charge in [-0.05, 0) is 36.2 Å². The molecule has 2 N–H and O–H groups in total. The van der Waals surface area contributed by atoms with Gasteiger partial charge in [-0.3, -0.25) is 4.40 Å². The van der Waals surface area contributed by atoms with Crippen molar-refractivity contribution in [2.24, 2.45) is 0 Å². The standard InChI is InChI=1S/C27H24N4O5/c1-2-3-12-21-28-19-10-7-11-20(36-27(34)35)24(19)31(21)16-17-13-14-30-22(15-17)29-23(25(30)26(32)33)18-8-5-4-6-9-18/h4-11,13-15H,2-3,12,16H2,1H3,(H,32,33)(H,34,35). The number of para-hydroxylation sites is 1. The molecule has 0 fully saturated rings. The van der Waals surface area contributed by atoms with E-state index in [0.29, 0.717) is 28.9 Å². The van der Waals surface area contributed by atoms with Crippen molar-refractivity contribution in [3.8, 4) is 17.0 Å². The summed E-state index contributed by atoms with van der Waals surface area (Å²) in [5, 5.41) is 19.1. The normalized spacial score (nSPS) is 11.2. The number of pyridine rings is 1. The first-order valence-corrected chi connectivity index (χ1v) is 11.6. The van der Waals surface area contributed by atoms with Crippen molar-refractivity contribution >= 4 is 28.8 Å². The summed E-state index contributed by atoms with van der Waals surface area (Å²) >= 11 is 0. The lowest BCUT2D eigenvalue weighted by Crippen LogP contribution is -2.09. The molecule has 0 saturated carbocycles. The van der Waals surface area contributed by atoms with Gasteiger partial charge in [0.2, 0.25) is 0 Å². The Labute approximate surface area is 206 Å². The van der Waals surface area contributed by atoms with E-state index in [1.54, 1.807) is 22.7 Å². The summed E-state index contributed by atoms with van der Waals surface area (Å²) in [6.45, 7) is 2.49. The maximum atomic E-state index is 12.1. The second-order valence-corrected chi connectivity index (χ2v) is 8.45. The molecule has 36 heavy (non-hydrogen) atoms. The zero-order chi connectivity index (χ0) is 25.2. The van der Waals surface area contributed by atoms with Crippen LogP contribution in [0.1, 0.15) is 41.6 Å². The largest absolute Gasteiger partial charge is 0.511 e. The van der Waals surface area contributed by atoms with Crippen molar-refractivity contribution in [2.45, 2.75) is 32.7 Å². The van der Waals surface area contributed by atoms with Crippen molar-refractivity contribution in [3.63, 3.8) is 0 Å². The van der Waals surface area contributed by atoms with Gasteiger partial charge in [-0.25, -0.2) is 19.6 Å². The second kappa shape index (κ2) is 9.53. The van der Waals surface area contributed by atoms with Crippen LogP contribution in [-0.4, -0.2) is 41.3 Å². The monoisotopic (exact) mass is 484 g/mol. The summed E-state index contributed by atoms with van der Waals surface area (Å²) in [6, 6.07) is 18.1. The van der Waals surface area contributed by atoms with E-state index < -0.39 is 12.1 Å². The van der Waals surface area contributed by atoms with Crippen LogP contribution in [-0.2, 0) is 13.0 Å². The molecule has 0 aliphatic heterocycles. The van der Waals surface area contributed by atoms with Gasteiger partial charge < -0.3 is 19.5 Å². The van der Waals surface area contributed by atoms with E-state index in [4.69, 9.17) is 9.72 Å². The summed E-state index contributed by atoms with van der Waals surface area (Å²) in [7, 11) is 0. The number of rotatable bonds is 8. The van der Waals surface area contributed by atoms with Gasteiger partial charge in [0.15, 0.2) is 11.4 Å². The number of fused-ring (bicyclic) bond motifs is 2. The molecule has 182 valence electrons. The first kappa shape index (κ1) is 23.1. The first-order valence-electron chi connectivity index (χ1n) is 11.6. The van der Waals surface area contributed by atoms with Crippen LogP contribution in [0.15, 0.2) is 66.9 Å². The van der Waals surface area contributed by atoms with Crippen LogP contribution in [0.4, 0.5) is 4.79 Å². The predicted molar refractivity (Wildman–Crippen MR) is 134 cm³/mol. The number of ether oxygens (including phenoxy) is 1. The van der Waals surface area contributed by atoms with Crippen molar-refractivity contribution < 1.29 is 24.5 Å². The van der Waals surface area contributed by atoms with Crippen molar-refractivity contribution in [1.29, 1.82) is 0 Å². The summed E-state index contributed by atoms with van der Waals surface area (Å²) in [5.74, 6) is -0.0172. The Balaban J connectivity index is 1.62. The fourth-order valence-electron chi connectivity index (χ4n) is 4.44. The molecule has 0 bridgehead atoms. The molecule has 3 heterocycles. The van der Waals surface area contributed by atoms with Crippen LogP contribution in [0.3, 0.4) is 0 Å². The van der Waals surface area contributed by atoms with Crippen LogP contribution in [0.25, 0.3) is 27.9 Å². The molecular weight excluding hydrogens is 460 g/mol. The molecule has 2 aromatic carbocycles. The molecule has 9 nitrogen and oxygen atoms in total. The summed E-state index contributed by atoms with van der Waals surface area (Å²) < 4.78 is 8.60. The maximum Gasteiger partial charge on any atom is 0.511 e. The number of aryl methyl sites for hydroxylation is 1. The molecule has 3 aromatic heterocycles. The van der Waals surface area contributed by atoms with E-state index in [9.17, 15) is 19.8 Å². The lowest BCUT2D eigenvalue weighted by Gasteiger charge is -2.12. The van der Waals surface area contributed by atoms with Gasteiger partial charge in [-0.15, -0.1) is 0 Å². The Hall–Kier alpha value is -4.66. The number of carboxylic acids is 1. The lowest BCUT2D eigenvalue weighted by atomic mass is 10.1. The Morgan fingerprint density at radius 3 is 2.53 bits per heavy atom. The van der Waals surface area contributed by atoms with Gasteiger partial charge in [0.25, 0.3) is 0 Å². The second-order valence-electron chi connectivity index (χ2n) is 8.45. The molecule has 0 saturated heterocycles. The fraction of sp³-hybridized carbons (Fsp3) is 0.185. The van der Waals surface area contributed by atoms with Gasteiger partial charge in [0.05, 0.1) is 5.52 Å². The van der Waals surface area contributed by atoms with Crippen LogP contribution >= 0.6 is 0 Å². The minimum atomic E-state index is -1.39. The van der Waals surface area contributed by atoms with Crippen LogP contribution in [0.2, 0.25) is 0 Å². The highest BCUT2D eigenvalue weighted by atomic mass is 16.7. The SMILES string of the molecule is CCCCc1nc2cccc(OC(=O)O)c2n1Cc1ccn2c(C(=O)O)c(-c3ccccc3)nc2c1. The first-order chi connectivity index (χ1) is 17.5. The van der Waals surface area contributed by atoms with E-state index in [1.807, 2.05) is 53.1 Å². The number of unbranched alkanes of at least 4 members (excludes halogenated alkanes) is 1. The number of carbonyl (C=O) groups is 2. The van der Waals surface area contributed by atoms with Crippen LogP contribution in [0.5, 0.6) is 5.75 Å². The number of imidazole rings is 2. The zero-order valence-corrected chi connectivity index (χ0v) is 19.6. The van der Waals surface area contributed by atoms with E-state index in [2.05, 4.69) is 11.9 Å². The Morgan fingerprint density at radius 1 is 1.00 bits per heavy atom. The van der Waals surface area contributed by atoms with Crippen molar-refractivity contribution in [2.75, 3.05) is 0 Å². The van der Waals surface area contributed by atoms with Gasteiger partial charge in [0.1, 0.15) is 22.7 Å². The molecule has 5 aromatic rings. The minimum Gasteiger partial charge on any atom is -0.476 e. The Kier molecular flexibility index (Phi) is 6.12. The highest BCUT2D eigenvalue weighted by Gasteiger charge is 2.21. The molecule has 5 rings (SSSR count). The number of hydrogen-bond acceptors (Lipinski definition) is 5. The smallest absolute Gasteiger partial charge is 0.476 e. The maximum absolute atomic E-state index is 12.1. The molecule has 0 spiro atoms. The number of nitrogens with zero attached hydrogens (tertiary/aromatic N) is 4. The lowest BCUT2D eigenvalue weighted by molar-refractivity contribution is 0.0690. The minimum absolute atomic E-state index is 0.0941. The number of aromatic carboxylic acids is 1. The quantitative estimate of drug-likeness (QED) is 0.221. The molecule has 9 heteroatoms. The van der Waals surface area contributed by atoms with Gasteiger partial charge in [-0.1, -0.05) is 49.7 Å². The molecule has 0 radical (unpaired) electrons. The Bertz CT molecular complexity index is 1590. The Morgan fingerprint density at radius 2 is 1.81 bits per heavy atom. The topological polar surface area (TPSA) is 119 Å². The molecule has 0 amide bonds. The third-order valence-corrected chi connectivity index (χ3v) is 6.04. The van der Waals surface area contributed by atoms with E-state index >= 15 is 0 Å². The van der Waals surface area contributed by atoms with Gasteiger partial charge in [-0.2, -0.15) is 0 Å². The summed E-state index contributed by atoms with van der Waals surface area (Å²) in [5.41, 5.74) is 3.84. The molecule has 0 aliphatic rings.